The van der Waals surface area contributed by atoms with Crippen molar-refractivity contribution in [3.63, 3.8) is 0 Å². The molecule has 1 aliphatic carbocycles. The van der Waals surface area contributed by atoms with E-state index in [4.69, 9.17) is 4.74 Å². The number of ether oxygens (including phenoxy) is 1. The molecule has 1 unspecified atom stereocenters. The van der Waals surface area contributed by atoms with Gasteiger partial charge in [0.15, 0.2) is 0 Å². The highest BCUT2D eigenvalue weighted by Gasteiger charge is 2.25. The Morgan fingerprint density at radius 3 is 3.06 bits per heavy atom. The molecule has 2 heterocycles. The summed E-state index contributed by atoms with van der Waals surface area (Å²) in [6.45, 7) is 4.44. The fourth-order valence-electron chi connectivity index (χ4n) is 2.62. The minimum Gasteiger partial charge on any atom is -0.378 e. The van der Waals surface area contributed by atoms with Gasteiger partial charge in [-0.15, -0.1) is 0 Å². The average molecular weight is 219 g/mol. The first-order valence-electron chi connectivity index (χ1n) is 6.02. The lowest BCUT2D eigenvalue weighted by Gasteiger charge is -2.25. The van der Waals surface area contributed by atoms with Gasteiger partial charge in [0.1, 0.15) is 5.82 Å². The van der Waals surface area contributed by atoms with Gasteiger partial charge in [0.25, 0.3) is 0 Å². The number of nitrogens with zero attached hydrogens (tertiary/aromatic N) is 2. The van der Waals surface area contributed by atoms with E-state index in [9.17, 15) is 0 Å². The van der Waals surface area contributed by atoms with E-state index in [1.54, 1.807) is 0 Å². The van der Waals surface area contributed by atoms with Crippen LogP contribution in [0.25, 0.3) is 0 Å². The summed E-state index contributed by atoms with van der Waals surface area (Å²) in [6, 6.07) is 0.266. The topological polar surface area (TPSA) is 47.0 Å². The van der Waals surface area contributed by atoms with E-state index < -0.39 is 0 Å². The van der Waals surface area contributed by atoms with E-state index in [1.807, 2.05) is 6.92 Å². The molecule has 1 aromatic heterocycles. The minimum atomic E-state index is 0.266. The Kier molecular flexibility index (Phi) is 2.61. The van der Waals surface area contributed by atoms with E-state index in [1.165, 1.54) is 23.4 Å². The minimum absolute atomic E-state index is 0.266. The maximum absolute atomic E-state index is 5.51. The predicted molar refractivity (Wildman–Crippen MR) is 60.4 cm³/mol. The van der Waals surface area contributed by atoms with Crippen molar-refractivity contribution in [3.8, 4) is 0 Å². The molecule has 1 atom stereocenters. The van der Waals surface area contributed by atoms with Gasteiger partial charge in [0, 0.05) is 12.2 Å². The summed E-state index contributed by atoms with van der Waals surface area (Å²) in [5.74, 6) is 0.892. The maximum Gasteiger partial charge on any atom is 0.125 e. The number of aryl methyl sites for hydroxylation is 2. The zero-order chi connectivity index (χ0) is 11.0. The third kappa shape index (κ3) is 1.72. The summed E-state index contributed by atoms with van der Waals surface area (Å²) in [5, 5.41) is 3.48. The summed E-state index contributed by atoms with van der Waals surface area (Å²) in [5.41, 5.74) is 3.81. The van der Waals surface area contributed by atoms with Crippen molar-refractivity contribution in [2.45, 2.75) is 32.2 Å². The molecule has 0 aromatic carbocycles. The molecule has 86 valence electrons. The van der Waals surface area contributed by atoms with Crippen LogP contribution in [0.1, 0.15) is 35.2 Å². The average Bonchev–Trinajstić information content (AvgIpc) is 2.77. The standard InChI is InChI=1S/C12H17N3O/c1-8-14-10-4-2-3-9(10)12(15-8)11-7-16-6-5-13-11/h11,13H,2-7H2,1H3. The van der Waals surface area contributed by atoms with Gasteiger partial charge in [-0.2, -0.15) is 0 Å². The second kappa shape index (κ2) is 4.11. The molecule has 1 saturated heterocycles. The van der Waals surface area contributed by atoms with Crippen LogP contribution < -0.4 is 5.32 Å². The smallest absolute Gasteiger partial charge is 0.125 e. The normalized spacial score (nSPS) is 24.4. The van der Waals surface area contributed by atoms with Gasteiger partial charge in [-0.05, 0) is 31.7 Å². The highest BCUT2D eigenvalue weighted by atomic mass is 16.5. The van der Waals surface area contributed by atoms with Crippen LogP contribution in [0.5, 0.6) is 0 Å². The first-order valence-corrected chi connectivity index (χ1v) is 6.02. The quantitative estimate of drug-likeness (QED) is 0.763. The van der Waals surface area contributed by atoms with Gasteiger partial charge < -0.3 is 10.1 Å². The van der Waals surface area contributed by atoms with Crippen LogP contribution in [-0.2, 0) is 17.6 Å². The van der Waals surface area contributed by atoms with Crippen molar-refractivity contribution < 1.29 is 4.74 Å². The SMILES string of the molecule is Cc1nc2c(c(C3COCCN3)n1)CCC2. The second-order valence-corrected chi connectivity index (χ2v) is 4.52. The molecule has 4 nitrogen and oxygen atoms in total. The molecule has 1 aliphatic heterocycles. The number of hydrogen-bond donors (Lipinski definition) is 1. The van der Waals surface area contributed by atoms with Gasteiger partial charge in [-0.1, -0.05) is 0 Å². The van der Waals surface area contributed by atoms with Crippen LogP contribution >= 0.6 is 0 Å². The van der Waals surface area contributed by atoms with Gasteiger partial charge in [-0.3, -0.25) is 0 Å². The number of fused-ring (bicyclic) bond motifs is 1. The summed E-state index contributed by atoms with van der Waals surface area (Å²) in [4.78, 5) is 9.14. The highest BCUT2D eigenvalue weighted by molar-refractivity contribution is 5.32. The first kappa shape index (κ1) is 10.2. The molecule has 1 fully saturated rings. The fraction of sp³-hybridized carbons (Fsp3) is 0.667. The molecule has 0 bridgehead atoms. The predicted octanol–water partition coefficient (Wildman–Crippen LogP) is 0.935. The molecule has 0 saturated carbocycles. The lowest BCUT2D eigenvalue weighted by Crippen LogP contribution is -2.36. The van der Waals surface area contributed by atoms with Crippen molar-refractivity contribution >= 4 is 0 Å². The van der Waals surface area contributed by atoms with E-state index in [-0.39, 0.29) is 6.04 Å². The monoisotopic (exact) mass is 219 g/mol. The van der Waals surface area contributed by atoms with Crippen molar-refractivity contribution in [3.05, 3.63) is 22.8 Å². The molecule has 0 spiro atoms. The molecule has 2 aliphatic rings. The molecule has 1 N–H and O–H groups in total. The zero-order valence-electron chi connectivity index (χ0n) is 9.62. The van der Waals surface area contributed by atoms with Crippen LogP contribution in [0.4, 0.5) is 0 Å². The largest absolute Gasteiger partial charge is 0.378 e. The highest BCUT2D eigenvalue weighted by Crippen LogP contribution is 2.27. The van der Waals surface area contributed by atoms with Crippen LogP contribution in [0, 0.1) is 6.92 Å². The second-order valence-electron chi connectivity index (χ2n) is 4.52. The Hall–Kier alpha value is -1.00. The van der Waals surface area contributed by atoms with Gasteiger partial charge >= 0.3 is 0 Å². The molecule has 0 amide bonds. The van der Waals surface area contributed by atoms with Crippen molar-refractivity contribution in [2.24, 2.45) is 0 Å². The van der Waals surface area contributed by atoms with Crippen LogP contribution in [0.2, 0.25) is 0 Å². The summed E-state index contributed by atoms with van der Waals surface area (Å²) in [7, 11) is 0. The molecule has 1 aromatic rings. The molecule has 0 radical (unpaired) electrons. The first-order chi connectivity index (χ1) is 7.84. The Morgan fingerprint density at radius 2 is 2.25 bits per heavy atom. The number of aromatic nitrogens is 2. The zero-order valence-corrected chi connectivity index (χ0v) is 9.62. The Morgan fingerprint density at radius 1 is 1.31 bits per heavy atom. The Labute approximate surface area is 95.4 Å². The number of nitrogens with one attached hydrogen (secondary N) is 1. The number of morpholine rings is 1. The third-order valence-electron chi connectivity index (χ3n) is 3.33. The van der Waals surface area contributed by atoms with Crippen LogP contribution in [0.15, 0.2) is 0 Å². The molecule has 3 rings (SSSR count). The van der Waals surface area contributed by atoms with E-state index in [2.05, 4.69) is 15.3 Å². The molecule has 16 heavy (non-hydrogen) atoms. The van der Waals surface area contributed by atoms with Crippen LogP contribution in [0.3, 0.4) is 0 Å². The van der Waals surface area contributed by atoms with Gasteiger partial charge in [-0.25, -0.2) is 9.97 Å². The van der Waals surface area contributed by atoms with Crippen LogP contribution in [-0.4, -0.2) is 29.7 Å². The van der Waals surface area contributed by atoms with E-state index in [0.29, 0.717) is 0 Å². The number of hydrogen-bond acceptors (Lipinski definition) is 4. The Bertz CT molecular complexity index is 399. The number of rotatable bonds is 1. The summed E-state index contributed by atoms with van der Waals surface area (Å²) >= 11 is 0. The maximum atomic E-state index is 5.51. The third-order valence-corrected chi connectivity index (χ3v) is 3.33. The lowest BCUT2D eigenvalue weighted by atomic mass is 10.1. The van der Waals surface area contributed by atoms with E-state index in [0.717, 1.165) is 38.4 Å². The Balaban J connectivity index is 1.99. The summed E-state index contributed by atoms with van der Waals surface area (Å²) in [6.07, 6.45) is 3.45. The summed E-state index contributed by atoms with van der Waals surface area (Å²) < 4.78 is 5.51. The van der Waals surface area contributed by atoms with Crippen molar-refractivity contribution in [1.82, 2.24) is 15.3 Å². The van der Waals surface area contributed by atoms with Gasteiger partial charge in [0.05, 0.1) is 24.9 Å². The molecule has 4 heteroatoms. The van der Waals surface area contributed by atoms with Crippen molar-refractivity contribution in [2.75, 3.05) is 19.8 Å². The van der Waals surface area contributed by atoms with Gasteiger partial charge in [0.2, 0.25) is 0 Å². The lowest BCUT2D eigenvalue weighted by molar-refractivity contribution is 0.0752. The fourth-order valence-corrected chi connectivity index (χ4v) is 2.62. The van der Waals surface area contributed by atoms with E-state index >= 15 is 0 Å². The molecular weight excluding hydrogens is 202 g/mol. The van der Waals surface area contributed by atoms with Crippen molar-refractivity contribution in [1.29, 1.82) is 0 Å². The molecular formula is C12H17N3O.